The Morgan fingerprint density at radius 1 is 1.29 bits per heavy atom. The quantitative estimate of drug-likeness (QED) is 0.713. The summed E-state index contributed by atoms with van der Waals surface area (Å²) >= 11 is 0. The van der Waals surface area contributed by atoms with Crippen molar-refractivity contribution >= 4 is 11.8 Å². The van der Waals surface area contributed by atoms with Gasteiger partial charge in [0.2, 0.25) is 0 Å². The van der Waals surface area contributed by atoms with Crippen LogP contribution in [0.5, 0.6) is 0 Å². The summed E-state index contributed by atoms with van der Waals surface area (Å²) in [5.41, 5.74) is -1.49. The minimum absolute atomic E-state index is 0.0143. The number of aliphatic hydroxyl groups is 1. The number of carbonyl (C=O) groups excluding carboxylic acids is 1. The number of ketones is 1. The lowest BCUT2D eigenvalue weighted by Gasteiger charge is -2.62. The zero-order chi connectivity index (χ0) is 21.1. The summed E-state index contributed by atoms with van der Waals surface area (Å²) in [5, 5.41) is 20.6. The lowest BCUT2D eigenvalue weighted by molar-refractivity contribution is -0.193. The highest BCUT2D eigenvalue weighted by atomic mass is 16.5. The monoisotopic (exact) mass is 392 g/mol. The van der Waals surface area contributed by atoms with E-state index in [1.807, 2.05) is 6.92 Å². The number of hydrogen-bond donors (Lipinski definition) is 2. The molecule has 0 saturated heterocycles. The second-order valence-electron chi connectivity index (χ2n) is 10.1. The Morgan fingerprint density at radius 3 is 2.43 bits per heavy atom. The van der Waals surface area contributed by atoms with Crippen molar-refractivity contribution in [2.75, 3.05) is 7.11 Å². The molecule has 3 saturated carbocycles. The molecule has 2 bridgehead atoms. The Kier molecular flexibility index (Phi) is 5.33. The second kappa shape index (κ2) is 6.94. The van der Waals surface area contributed by atoms with E-state index < -0.39 is 28.8 Å². The molecule has 28 heavy (non-hydrogen) atoms. The molecular weight excluding hydrogens is 356 g/mol. The number of hydrogen-bond acceptors (Lipinski definition) is 4. The van der Waals surface area contributed by atoms with Gasteiger partial charge in [-0.25, -0.2) is 4.79 Å². The van der Waals surface area contributed by atoms with Crippen molar-refractivity contribution in [2.24, 2.45) is 39.9 Å². The number of aliphatic hydroxyl groups excluding tert-OH is 1. The van der Waals surface area contributed by atoms with Crippen molar-refractivity contribution in [1.29, 1.82) is 0 Å². The van der Waals surface area contributed by atoms with Crippen LogP contribution in [0, 0.1) is 39.9 Å². The molecule has 3 aliphatic rings. The molecule has 3 fully saturated rings. The van der Waals surface area contributed by atoms with E-state index in [0.29, 0.717) is 6.42 Å². The maximum atomic E-state index is 13.7. The Bertz CT molecular complexity index is 674. The van der Waals surface area contributed by atoms with Crippen molar-refractivity contribution in [3.63, 3.8) is 0 Å². The molecule has 3 rings (SSSR count). The van der Waals surface area contributed by atoms with E-state index in [4.69, 9.17) is 4.74 Å². The minimum Gasteiger partial charge on any atom is -0.479 e. The average molecular weight is 393 g/mol. The van der Waals surface area contributed by atoms with E-state index >= 15 is 0 Å². The van der Waals surface area contributed by atoms with Crippen LogP contribution < -0.4 is 0 Å². The standard InChI is InChI=1S/C23H36O5/c1-7-21(4)12-15(17(24)20(26)27)22(5)13(2)8-10-23(14(3)19(21)25)11-9-16(28-6)18(22)23/h7,13-18,24H,1,8-12H2,2-6H3,(H,26,27)/t13-,14+,15+,16-,17?,18-,21-,22-,23+/m1/s1. The van der Waals surface area contributed by atoms with E-state index in [0.717, 1.165) is 25.7 Å². The summed E-state index contributed by atoms with van der Waals surface area (Å²) in [7, 11) is 1.72. The van der Waals surface area contributed by atoms with Gasteiger partial charge in [0, 0.05) is 24.4 Å². The Labute approximate surface area is 168 Å². The van der Waals surface area contributed by atoms with Crippen LogP contribution in [0.15, 0.2) is 12.7 Å². The molecule has 0 spiro atoms. The lowest BCUT2D eigenvalue weighted by atomic mass is 9.41. The smallest absolute Gasteiger partial charge is 0.332 e. The third-order valence-electron chi connectivity index (χ3n) is 9.31. The predicted molar refractivity (Wildman–Crippen MR) is 107 cm³/mol. The van der Waals surface area contributed by atoms with Crippen molar-refractivity contribution in [2.45, 2.75) is 72.0 Å². The molecule has 0 amide bonds. The normalized spacial score (nSPS) is 49.6. The highest BCUT2D eigenvalue weighted by molar-refractivity contribution is 5.89. The molecular formula is C23H36O5. The van der Waals surface area contributed by atoms with Gasteiger partial charge in [0.15, 0.2) is 6.10 Å². The van der Waals surface area contributed by atoms with Crippen LogP contribution in [0.4, 0.5) is 0 Å². The van der Waals surface area contributed by atoms with E-state index in [-0.39, 0.29) is 35.1 Å². The molecule has 5 nitrogen and oxygen atoms in total. The summed E-state index contributed by atoms with van der Waals surface area (Å²) in [5.74, 6) is -1.48. The van der Waals surface area contributed by atoms with Crippen LogP contribution in [0.2, 0.25) is 0 Å². The summed E-state index contributed by atoms with van der Waals surface area (Å²) in [4.78, 5) is 25.6. The van der Waals surface area contributed by atoms with Gasteiger partial charge in [0.05, 0.1) is 6.10 Å². The maximum absolute atomic E-state index is 13.7. The summed E-state index contributed by atoms with van der Waals surface area (Å²) in [6, 6.07) is 0. The molecule has 9 atom stereocenters. The van der Waals surface area contributed by atoms with Gasteiger partial charge in [0.25, 0.3) is 0 Å². The molecule has 0 radical (unpaired) electrons. The van der Waals surface area contributed by atoms with Gasteiger partial charge in [0.1, 0.15) is 5.78 Å². The van der Waals surface area contributed by atoms with Gasteiger partial charge in [-0.3, -0.25) is 4.79 Å². The molecule has 0 aromatic carbocycles. The molecule has 0 aromatic heterocycles. The number of methoxy groups -OCH3 is 1. The fourth-order valence-electron chi connectivity index (χ4n) is 7.40. The van der Waals surface area contributed by atoms with E-state index in [2.05, 4.69) is 27.4 Å². The van der Waals surface area contributed by atoms with Crippen molar-refractivity contribution in [3.05, 3.63) is 12.7 Å². The van der Waals surface area contributed by atoms with Gasteiger partial charge in [-0.05, 0) is 61.7 Å². The van der Waals surface area contributed by atoms with Gasteiger partial charge < -0.3 is 14.9 Å². The average Bonchev–Trinajstić information content (AvgIpc) is 3.07. The van der Waals surface area contributed by atoms with Crippen molar-refractivity contribution in [3.8, 4) is 0 Å². The molecule has 158 valence electrons. The number of allylic oxidation sites excluding steroid dienone is 1. The van der Waals surface area contributed by atoms with Gasteiger partial charge in [-0.2, -0.15) is 0 Å². The molecule has 3 aliphatic carbocycles. The highest BCUT2D eigenvalue weighted by Crippen LogP contribution is 2.70. The van der Waals surface area contributed by atoms with E-state index in [1.54, 1.807) is 13.2 Å². The zero-order valence-corrected chi connectivity index (χ0v) is 17.9. The molecule has 5 heteroatoms. The molecule has 0 heterocycles. The Balaban J connectivity index is 2.28. The third kappa shape index (κ3) is 2.65. The molecule has 0 aromatic rings. The van der Waals surface area contributed by atoms with E-state index in [1.165, 1.54) is 0 Å². The maximum Gasteiger partial charge on any atom is 0.332 e. The first kappa shape index (κ1) is 21.5. The second-order valence-corrected chi connectivity index (χ2v) is 10.1. The minimum atomic E-state index is -1.51. The van der Waals surface area contributed by atoms with Crippen LogP contribution >= 0.6 is 0 Å². The fourth-order valence-corrected chi connectivity index (χ4v) is 7.40. The van der Waals surface area contributed by atoms with Crippen LogP contribution in [0.25, 0.3) is 0 Å². The first-order valence-electron chi connectivity index (χ1n) is 10.6. The van der Waals surface area contributed by atoms with Gasteiger partial charge >= 0.3 is 5.97 Å². The van der Waals surface area contributed by atoms with Crippen LogP contribution in [0.1, 0.15) is 59.8 Å². The van der Waals surface area contributed by atoms with E-state index in [9.17, 15) is 19.8 Å². The molecule has 0 aliphatic heterocycles. The van der Waals surface area contributed by atoms with Gasteiger partial charge in [-0.1, -0.05) is 26.8 Å². The van der Waals surface area contributed by atoms with Crippen molar-refractivity contribution in [1.82, 2.24) is 0 Å². The first-order chi connectivity index (χ1) is 13.0. The van der Waals surface area contributed by atoms with Crippen molar-refractivity contribution < 1.29 is 24.5 Å². The number of carbonyl (C=O) groups is 2. The number of rotatable bonds is 4. The third-order valence-corrected chi connectivity index (χ3v) is 9.31. The Morgan fingerprint density at radius 2 is 1.89 bits per heavy atom. The number of carboxylic acids is 1. The molecule has 2 N–H and O–H groups in total. The summed E-state index contributed by atoms with van der Waals surface area (Å²) in [6.07, 6.45) is 4.13. The number of carboxylic acid groups (broad SMARTS) is 1. The van der Waals surface area contributed by atoms with Crippen LogP contribution in [0.3, 0.4) is 0 Å². The molecule has 1 unspecified atom stereocenters. The topological polar surface area (TPSA) is 83.8 Å². The largest absolute Gasteiger partial charge is 0.479 e. The van der Waals surface area contributed by atoms with Gasteiger partial charge in [-0.15, -0.1) is 6.58 Å². The highest BCUT2D eigenvalue weighted by Gasteiger charge is 2.68. The zero-order valence-electron chi connectivity index (χ0n) is 17.9. The van der Waals surface area contributed by atoms with Crippen LogP contribution in [-0.4, -0.2) is 41.3 Å². The number of aliphatic carboxylic acids is 1. The Hall–Kier alpha value is -1.20. The fraction of sp³-hybridized carbons (Fsp3) is 0.826. The van der Waals surface area contributed by atoms with Crippen LogP contribution in [-0.2, 0) is 14.3 Å². The summed E-state index contributed by atoms with van der Waals surface area (Å²) in [6.45, 7) is 12.2. The first-order valence-corrected chi connectivity index (χ1v) is 10.6. The predicted octanol–water partition coefficient (Wildman–Crippen LogP) is 3.70. The number of ether oxygens (including phenoxy) is 1. The lowest BCUT2D eigenvalue weighted by Crippen LogP contribution is -2.62. The number of Topliss-reactive ketones (excluding diaryl/α,β-unsaturated/α-hetero) is 1. The SMILES string of the molecule is C=C[C@]1(C)C[C@@H](C(O)C(=O)O)[C@@]2(C)[C@H](C)CC[C@]3(CC[C@@H](OC)[C@@H]32)[C@@H](C)C1=O. The summed E-state index contributed by atoms with van der Waals surface area (Å²) < 4.78 is 5.91.